The molecule has 5 nitrogen and oxygen atoms in total. The number of rotatable bonds is 8. The molecule has 2 aliphatic rings. The summed E-state index contributed by atoms with van der Waals surface area (Å²) >= 11 is 0. The van der Waals surface area contributed by atoms with E-state index in [1.54, 1.807) is 7.11 Å². The summed E-state index contributed by atoms with van der Waals surface area (Å²) in [6.45, 7) is 4.89. The van der Waals surface area contributed by atoms with E-state index in [1.807, 2.05) is 0 Å². The highest BCUT2D eigenvalue weighted by molar-refractivity contribution is 5.89. The normalized spacial score (nSPS) is 22.2. The van der Waals surface area contributed by atoms with E-state index in [9.17, 15) is 4.79 Å². The van der Waals surface area contributed by atoms with Crippen LogP contribution in [-0.2, 0) is 23.0 Å². The Morgan fingerprint density at radius 1 is 1.17 bits per heavy atom. The molecule has 1 aromatic carbocycles. The molecule has 164 valence electrons. The van der Waals surface area contributed by atoms with Crippen LogP contribution in [0.3, 0.4) is 0 Å². The summed E-state index contributed by atoms with van der Waals surface area (Å²) < 4.78 is 7.41. The highest BCUT2D eigenvalue weighted by Crippen LogP contribution is 2.31. The Morgan fingerprint density at radius 2 is 2.00 bits per heavy atom. The van der Waals surface area contributed by atoms with Crippen LogP contribution in [0.25, 0.3) is 10.9 Å². The molecule has 2 atom stereocenters. The summed E-state index contributed by atoms with van der Waals surface area (Å²) in [5.41, 5.74) is 2.33. The fourth-order valence-electron chi connectivity index (χ4n) is 5.63. The van der Waals surface area contributed by atoms with Gasteiger partial charge in [0.2, 0.25) is 5.91 Å². The number of carbonyl (C=O) groups is 1. The number of fused-ring (bicyclic) bond motifs is 2. The second-order valence-electron chi connectivity index (χ2n) is 9.15. The van der Waals surface area contributed by atoms with Crippen molar-refractivity contribution in [3.8, 4) is 0 Å². The molecule has 4 rings (SSSR count). The van der Waals surface area contributed by atoms with Crippen molar-refractivity contribution in [2.75, 3.05) is 39.9 Å². The quantitative estimate of drug-likeness (QED) is 0.619. The second-order valence-corrected chi connectivity index (χ2v) is 9.15. The maximum absolute atomic E-state index is 13.5. The molecule has 30 heavy (non-hydrogen) atoms. The first-order chi connectivity index (χ1) is 14.7. The lowest BCUT2D eigenvalue weighted by Gasteiger charge is -2.45. The predicted molar refractivity (Wildman–Crippen MR) is 122 cm³/mol. The van der Waals surface area contributed by atoms with Gasteiger partial charge in [-0.25, -0.2) is 0 Å². The number of methoxy groups -OCH3 is 1. The summed E-state index contributed by atoms with van der Waals surface area (Å²) in [6.07, 6.45) is 10.0. The van der Waals surface area contributed by atoms with E-state index < -0.39 is 0 Å². The number of para-hydroxylation sites is 1. The number of nitrogens with zero attached hydrogens (tertiary/aromatic N) is 3. The van der Waals surface area contributed by atoms with Crippen molar-refractivity contribution in [2.24, 2.45) is 13.0 Å². The van der Waals surface area contributed by atoms with E-state index in [0.717, 1.165) is 25.1 Å². The number of benzene rings is 1. The third kappa shape index (κ3) is 4.73. The molecule has 0 aliphatic carbocycles. The fraction of sp³-hybridized carbons (Fsp3) is 0.640. The smallest absolute Gasteiger partial charge is 0.227 e. The summed E-state index contributed by atoms with van der Waals surface area (Å²) in [5, 5.41) is 1.20. The van der Waals surface area contributed by atoms with Crippen molar-refractivity contribution in [1.82, 2.24) is 14.4 Å². The van der Waals surface area contributed by atoms with Crippen LogP contribution < -0.4 is 0 Å². The first kappa shape index (κ1) is 21.4. The third-order valence-electron chi connectivity index (χ3n) is 7.13. The number of hydrogen-bond acceptors (Lipinski definition) is 3. The largest absolute Gasteiger partial charge is 0.385 e. The summed E-state index contributed by atoms with van der Waals surface area (Å²) in [5.74, 6) is 0.869. The van der Waals surface area contributed by atoms with Gasteiger partial charge in [-0.15, -0.1) is 0 Å². The molecule has 2 unspecified atom stereocenters. The Morgan fingerprint density at radius 3 is 2.87 bits per heavy atom. The molecule has 0 saturated carbocycles. The summed E-state index contributed by atoms with van der Waals surface area (Å²) in [4.78, 5) is 18.3. The minimum Gasteiger partial charge on any atom is -0.385 e. The molecular formula is C25H37N3O2. The van der Waals surface area contributed by atoms with Crippen molar-refractivity contribution in [3.63, 3.8) is 0 Å². The minimum absolute atomic E-state index is 0.260. The van der Waals surface area contributed by atoms with Gasteiger partial charge < -0.3 is 19.1 Å². The second kappa shape index (κ2) is 9.97. The molecule has 0 radical (unpaired) electrons. The van der Waals surface area contributed by atoms with Crippen LogP contribution in [0.5, 0.6) is 0 Å². The first-order valence-corrected chi connectivity index (χ1v) is 11.7. The van der Waals surface area contributed by atoms with Gasteiger partial charge in [-0.2, -0.15) is 0 Å². The number of hydrogen-bond donors (Lipinski definition) is 0. The Balaban J connectivity index is 1.48. The van der Waals surface area contributed by atoms with Crippen molar-refractivity contribution in [1.29, 1.82) is 0 Å². The zero-order valence-corrected chi connectivity index (χ0v) is 18.7. The molecule has 2 aliphatic heterocycles. The molecular weight excluding hydrogens is 374 g/mol. The number of aromatic nitrogens is 1. The molecule has 5 heteroatoms. The van der Waals surface area contributed by atoms with Gasteiger partial charge in [0, 0.05) is 57.0 Å². The Bertz CT molecular complexity index is 844. The van der Waals surface area contributed by atoms with Crippen molar-refractivity contribution in [3.05, 3.63) is 36.0 Å². The van der Waals surface area contributed by atoms with E-state index in [4.69, 9.17) is 4.74 Å². The molecule has 1 amide bonds. The molecule has 0 N–H and O–H groups in total. The first-order valence-electron chi connectivity index (χ1n) is 11.7. The van der Waals surface area contributed by atoms with Gasteiger partial charge in [0.15, 0.2) is 0 Å². The zero-order chi connectivity index (χ0) is 20.9. The van der Waals surface area contributed by atoms with E-state index in [2.05, 4.69) is 51.9 Å². The van der Waals surface area contributed by atoms with E-state index >= 15 is 0 Å². The number of amides is 1. The molecule has 2 fully saturated rings. The summed E-state index contributed by atoms with van der Waals surface area (Å²) in [7, 11) is 3.80. The molecule has 3 heterocycles. The maximum atomic E-state index is 13.5. The van der Waals surface area contributed by atoms with Crippen molar-refractivity contribution < 1.29 is 9.53 Å². The Kier molecular flexibility index (Phi) is 7.11. The topological polar surface area (TPSA) is 37.7 Å². The van der Waals surface area contributed by atoms with Crippen LogP contribution >= 0.6 is 0 Å². The molecule has 0 bridgehead atoms. The van der Waals surface area contributed by atoms with Crippen LogP contribution in [0.1, 0.15) is 44.1 Å². The van der Waals surface area contributed by atoms with Crippen LogP contribution in [0.2, 0.25) is 0 Å². The summed E-state index contributed by atoms with van der Waals surface area (Å²) in [6, 6.07) is 9.05. The highest BCUT2D eigenvalue weighted by Gasteiger charge is 2.34. The minimum atomic E-state index is 0.260. The van der Waals surface area contributed by atoms with Gasteiger partial charge >= 0.3 is 0 Å². The lowest BCUT2D eigenvalue weighted by atomic mass is 9.83. The zero-order valence-electron chi connectivity index (χ0n) is 18.7. The average Bonchev–Trinajstić information content (AvgIpc) is 3.09. The van der Waals surface area contributed by atoms with Gasteiger partial charge in [-0.05, 0) is 62.7 Å². The molecule has 0 spiro atoms. The van der Waals surface area contributed by atoms with Gasteiger partial charge in [0.1, 0.15) is 0 Å². The molecule has 2 aromatic rings. The van der Waals surface area contributed by atoms with E-state index in [1.165, 1.54) is 56.1 Å². The van der Waals surface area contributed by atoms with Gasteiger partial charge in [0.25, 0.3) is 0 Å². The van der Waals surface area contributed by atoms with Crippen LogP contribution in [0.15, 0.2) is 30.5 Å². The lowest BCUT2D eigenvalue weighted by Crippen LogP contribution is -2.52. The lowest BCUT2D eigenvalue weighted by molar-refractivity contribution is -0.132. The monoisotopic (exact) mass is 411 g/mol. The highest BCUT2D eigenvalue weighted by atomic mass is 16.5. The van der Waals surface area contributed by atoms with Crippen LogP contribution in [0.4, 0.5) is 0 Å². The standard InChI is InChI=1S/C25H37N3O2/c1-26-18-21(22-10-3-4-12-24(22)26)17-25(29)28(15-8-16-30-2)19-20-9-7-14-27-13-6-5-11-23(20)27/h3-4,10,12,18,20,23H,5-9,11,13-17,19H2,1-2H3. The third-order valence-corrected chi connectivity index (χ3v) is 7.13. The van der Waals surface area contributed by atoms with Crippen LogP contribution in [-0.4, -0.2) is 66.2 Å². The number of ether oxygens (including phenoxy) is 1. The van der Waals surface area contributed by atoms with E-state index in [-0.39, 0.29) is 5.91 Å². The molecule has 1 aromatic heterocycles. The van der Waals surface area contributed by atoms with Crippen LogP contribution in [0, 0.1) is 5.92 Å². The van der Waals surface area contributed by atoms with Crippen molar-refractivity contribution >= 4 is 16.8 Å². The predicted octanol–water partition coefficient (Wildman–Crippen LogP) is 3.85. The Labute approximate surface area is 181 Å². The fourth-order valence-corrected chi connectivity index (χ4v) is 5.63. The van der Waals surface area contributed by atoms with E-state index in [0.29, 0.717) is 25.0 Å². The van der Waals surface area contributed by atoms with Gasteiger partial charge in [-0.3, -0.25) is 4.79 Å². The SMILES string of the molecule is COCCCN(CC1CCCN2CCCCC12)C(=O)Cc1cn(C)c2ccccc12. The average molecular weight is 412 g/mol. The number of carbonyl (C=O) groups excluding carboxylic acids is 1. The van der Waals surface area contributed by atoms with Crippen molar-refractivity contribution in [2.45, 2.75) is 51.0 Å². The Hall–Kier alpha value is -1.85. The maximum Gasteiger partial charge on any atom is 0.227 e. The van der Waals surface area contributed by atoms with Gasteiger partial charge in [-0.1, -0.05) is 24.6 Å². The number of piperidine rings is 2. The molecule has 2 saturated heterocycles. The number of aryl methyl sites for hydroxylation is 1. The van der Waals surface area contributed by atoms with Gasteiger partial charge in [0.05, 0.1) is 6.42 Å².